The molecule has 0 amide bonds. The summed E-state index contributed by atoms with van der Waals surface area (Å²) in [6, 6.07) is 68.7. The van der Waals surface area contributed by atoms with Crippen molar-refractivity contribution >= 4 is 54.1 Å². The van der Waals surface area contributed by atoms with Crippen LogP contribution in [-0.4, -0.2) is 4.57 Å². The van der Waals surface area contributed by atoms with Gasteiger partial charge in [-0.15, -0.1) is 0 Å². The molecule has 0 bridgehead atoms. The van der Waals surface area contributed by atoms with Gasteiger partial charge in [0.2, 0.25) is 0 Å². The summed E-state index contributed by atoms with van der Waals surface area (Å²) in [6.45, 7) is 0. The van der Waals surface area contributed by atoms with Crippen LogP contribution in [0.15, 0.2) is 188 Å². The van der Waals surface area contributed by atoms with Gasteiger partial charge in [-0.25, -0.2) is 0 Å². The second kappa shape index (κ2) is 11.1. The van der Waals surface area contributed by atoms with E-state index in [9.17, 15) is 0 Å². The lowest BCUT2D eigenvalue weighted by molar-refractivity contribution is 1.19. The van der Waals surface area contributed by atoms with Gasteiger partial charge in [-0.2, -0.15) is 0 Å². The summed E-state index contributed by atoms with van der Waals surface area (Å²) in [5.74, 6) is 0. The zero-order valence-electron chi connectivity index (χ0n) is 26.8. The molecule has 49 heavy (non-hydrogen) atoms. The van der Waals surface area contributed by atoms with E-state index in [-0.39, 0.29) is 0 Å². The van der Waals surface area contributed by atoms with E-state index in [0.717, 1.165) is 0 Å². The quantitative estimate of drug-likeness (QED) is 0.172. The summed E-state index contributed by atoms with van der Waals surface area (Å²) in [4.78, 5) is 0. The van der Waals surface area contributed by atoms with Crippen molar-refractivity contribution in [3.8, 4) is 39.1 Å². The van der Waals surface area contributed by atoms with Gasteiger partial charge in [-0.1, -0.05) is 152 Å². The van der Waals surface area contributed by atoms with E-state index in [0.29, 0.717) is 0 Å². The van der Waals surface area contributed by atoms with E-state index in [1.54, 1.807) is 0 Å². The normalized spacial score (nSPS) is 11.7. The Hall–Kier alpha value is -6.44. The summed E-state index contributed by atoms with van der Waals surface area (Å²) in [6.07, 6.45) is 0. The number of fused-ring (bicyclic) bond motifs is 6. The van der Waals surface area contributed by atoms with Gasteiger partial charge < -0.3 is 4.57 Å². The zero-order chi connectivity index (χ0) is 32.3. The van der Waals surface area contributed by atoms with Crippen LogP contribution >= 0.6 is 0 Å². The largest absolute Gasteiger partial charge is 0.309 e. The van der Waals surface area contributed by atoms with Crippen molar-refractivity contribution in [1.82, 2.24) is 4.57 Å². The summed E-state index contributed by atoms with van der Waals surface area (Å²) in [5, 5.41) is 10.1. The summed E-state index contributed by atoms with van der Waals surface area (Å²) in [5.41, 5.74) is 11.1. The van der Waals surface area contributed by atoms with Gasteiger partial charge >= 0.3 is 0 Å². The van der Waals surface area contributed by atoms with Gasteiger partial charge in [0, 0.05) is 16.5 Å². The number of aromatic nitrogens is 1. The molecule has 0 spiro atoms. The molecule has 0 atom stereocenters. The maximum atomic E-state index is 2.41. The van der Waals surface area contributed by atoms with Gasteiger partial charge in [-0.05, 0) is 102 Å². The van der Waals surface area contributed by atoms with Crippen LogP contribution in [0.5, 0.6) is 0 Å². The summed E-state index contributed by atoms with van der Waals surface area (Å²) < 4.78 is 2.39. The maximum absolute atomic E-state index is 2.41. The molecule has 0 saturated carbocycles. The van der Waals surface area contributed by atoms with Gasteiger partial charge in [0.05, 0.1) is 11.0 Å². The van der Waals surface area contributed by atoms with Crippen LogP contribution in [0.25, 0.3) is 93.2 Å². The molecule has 0 saturated heterocycles. The molecule has 0 aliphatic rings. The fraction of sp³-hybridized carbons (Fsp3) is 0. The molecule has 0 aliphatic carbocycles. The van der Waals surface area contributed by atoms with Crippen LogP contribution in [0.3, 0.4) is 0 Å². The summed E-state index contributed by atoms with van der Waals surface area (Å²) >= 11 is 0. The molecule has 0 N–H and O–H groups in total. The zero-order valence-corrected chi connectivity index (χ0v) is 26.8. The van der Waals surface area contributed by atoms with Gasteiger partial charge in [0.15, 0.2) is 0 Å². The van der Waals surface area contributed by atoms with E-state index in [2.05, 4.69) is 193 Å². The van der Waals surface area contributed by atoms with Crippen molar-refractivity contribution in [2.75, 3.05) is 0 Å². The lowest BCUT2D eigenvalue weighted by Gasteiger charge is -2.19. The molecule has 0 unspecified atom stereocenters. The van der Waals surface area contributed by atoms with E-state index in [1.165, 1.54) is 93.2 Å². The SMILES string of the molecule is c1ccc(-c2c3ccccc3c(-c3ccccc3)c3cc(-c4ccc5cc(-n6c7ccccc7c7ccccc76)ccc5c4)ccc23)cc1. The molecule has 0 aliphatic heterocycles. The van der Waals surface area contributed by atoms with Crippen LogP contribution in [0, 0.1) is 0 Å². The molecular formula is C48H31N. The first-order valence-electron chi connectivity index (χ1n) is 16.9. The third kappa shape index (κ3) is 4.40. The van der Waals surface area contributed by atoms with Gasteiger partial charge in [0.1, 0.15) is 0 Å². The highest BCUT2D eigenvalue weighted by molar-refractivity contribution is 6.22. The minimum Gasteiger partial charge on any atom is -0.309 e. The lowest BCUT2D eigenvalue weighted by Crippen LogP contribution is -1.93. The van der Waals surface area contributed by atoms with Gasteiger partial charge in [0.25, 0.3) is 0 Å². The minimum atomic E-state index is 1.18. The van der Waals surface area contributed by atoms with Crippen LogP contribution in [0.2, 0.25) is 0 Å². The highest BCUT2D eigenvalue weighted by atomic mass is 15.0. The highest BCUT2D eigenvalue weighted by Crippen LogP contribution is 2.45. The fourth-order valence-electron chi connectivity index (χ4n) is 7.94. The number of rotatable bonds is 4. The standard InChI is InChI=1S/C48H31N/c1-3-13-32(14-4-1)47-41-19-7-8-20-42(41)48(33-15-5-2-6-16-33)44-31-37(26-28-43(44)47)34-23-24-36-30-38(27-25-35(36)29-34)49-45-21-11-9-17-39(45)40-18-10-12-22-46(40)49/h1-31H. The monoisotopic (exact) mass is 621 g/mol. The highest BCUT2D eigenvalue weighted by Gasteiger charge is 2.18. The Kier molecular flexibility index (Phi) is 6.25. The number of hydrogen-bond donors (Lipinski definition) is 0. The third-order valence-corrected chi connectivity index (χ3v) is 10.1. The molecule has 1 heteroatoms. The van der Waals surface area contributed by atoms with Crippen LogP contribution in [-0.2, 0) is 0 Å². The number of benzene rings is 9. The van der Waals surface area contributed by atoms with Crippen molar-refractivity contribution in [3.05, 3.63) is 188 Å². The van der Waals surface area contributed by atoms with Crippen LogP contribution < -0.4 is 0 Å². The maximum Gasteiger partial charge on any atom is 0.0541 e. The second-order valence-electron chi connectivity index (χ2n) is 12.9. The first-order valence-corrected chi connectivity index (χ1v) is 16.9. The Bertz CT molecular complexity index is 2810. The van der Waals surface area contributed by atoms with Gasteiger partial charge in [-0.3, -0.25) is 0 Å². The predicted octanol–water partition coefficient (Wildman–Crippen LogP) is 13.2. The van der Waals surface area contributed by atoms with E-state index < -0.39 is 0 Å². The molecule has 10 rings (SSSR count). The second-order valence-corrected chi connectivity index (χ2v) is 12.9. The molecule has 0 radical (unpaired) electrons. The molecule has 9 aromatic carbocycles. The molecule has 1 nitrogen and oxygen atoms in total. The topological polar surface area (TPSA) is 4.93 Å². The number of hydrogen-bond acceptors (Lipinski definition) is 0. The average molecular weight is 622 g/mol. The van der Waals surface area contributed by atoms with Crippen molar-refractivity contribution in [2.24, 2.45) is 0 Å². The fourth-order valence-corrected chi connectivity index (χ4v) is 7.94. The molecule has 228 valence electrons. The Labute approximate surface area is 284 Å². The molecule has 1 aromatic heterocycles. The molecular weight excluding hydrogens is 591 g/mol. The van der Waals surface area contributed by atoms with Crippen LogP contribution in [0.1, 0.15) is 0 Å². The Morgan fingerprint density at radius 3 is 1.35 bits per heavy atom. The Balaban J connectivity index is 1.16. The molecule has 1 heterocycles. The smallest absolute Gasteiger partial charge is 0.0541 e. The summed E-state index contributed by atoms with van der Waals surface area (Å²) in [7, 11) is 0. The Morgan fingerprint density at radius 1 is 0.265 bits per heavy atom. The van der Waals surface area contributed by atoms with E-state index in [1.807, 2.05) is 0 Å². The number of para-hydroxylation sites is 2. The minimum absolute atomic E-state index is 1.18. The first-order chi connectivity index (χ1) is 24.3. The first kappa shape index (κ1) is 27.7. The average Bonchev–Trinajstić information content (AvgIpc) is 3.51. The molecule has 10 aromatic rings. The Morgan fingerprint density at radius 2 is 0.714 bits per heavy atom. The van der Waals surface area contributed by atoms with E-state index in [4.69, 9.17) is 0 Å². The van der Waals surface area contributed by atoms with Crippen molar-refractivity contribution < 1.29 is 0 Å². The predicted molar refractivity (Wildman–Crippen MR) is 210 cm³/mol. The van der Waals surface area contributed by atoms with Crippen molar-refractivity contribution in [2.45, 2.75) is 0 Å². The number of nitrogens with zero attached hydrogens (tertiary/aromatic N) is 1. The van der Waals surface area contributed by atoms with Crippen molar-refractivity contribution in [3.63, 3.8) is 0 Å². The lowest BCUT2D eigenvalue weighted by atomic mass is 9.85. The third-order valence-electron chi connectivity index (χ3n) is 10.1. The molecule has 0 fully saturated rings. The van der Waals surface area contributed by atoms with Crippen molar-refractivity contribution in [1.29, 1.82) is 0 Å². The van der Waals surface area contributed by atoms with Crippen LogP contribution in [0.4, 0.5) is 0 Å². The van der Waals surface area contributed by atoms with E-state index >= 15 is 0 Å².